The molecule has 0 saturated carbocycles. The van der Waals surface area contributed by atoms with E-state index in [-0.39, 0.29) is 17.7 Å². The van der Waals surface area contributed by atoms with Crippen molar-refractivity contribution in [2.24, 2.45) is 10.8 Å². The van der Waals surface area contributed by atoms with Crippen molar-refractivity contribution < 1.29 is 19.1 Å². The molecule has 2 heterocycles. The third kappa shape index (κ3) is 4.36. The molecule has 0 radical (unpaired) electrons. The molecular formula is C25H27BrN2O4. The van der Waals surface area contributed by atoms with Gasteiger partial charge in [0.05, 0.1) is 10.8 Å². The Bertz CT molecular complexity index is 1060. The monoisotopic (exact) mass is 498 g/mol. The normalized spacial score (nSPS) is 24.7. The Labute approximate surface area is 196 Å². The summed E-state index contributed by atoms with van der Waals surface area (Å²) in [6.45, 7) is 5.82. The summed E-state index contributed by atoms with van der Waals surface area (Å²) in [5.74, 6) is -0.465. The van der Waals surface area contributed by atoms with E-state index in [1.807, 2.05) is 51.1 Å². The molecule has 0 aliphatic carbocycles. The molecule has 168 valence electrons. The van der Waals surface area contributed by atoms with Gasteiger partial charge in [-0.3, -0.25) is 19.7 Å². The van der Waals surface area contributed by atoms with Crippen LogP contribution in [0.2, 0.25) is 0 Å². The fourth-order valence-corrected chi connectivity index (χ4v) is 4.74. The minimum atomic E-state index is -0.768. The van der Waals surface area contributed by atoms with Crippen molar-refractivity contribution in [3.8, 4) is 0 Å². The maximum absolute atomic E-state index is 13.9. The van der Waals surface area contributed by atoms with Crippen LogP contribution in [0.1, 0.15) is 53.5 Å². The van der Waals surface area contributed by atoms with Crippen LogP contribution in [0.25, 0.3) is 0 Å². The molecule has 2 aromatic rings. The summed E-state index contributed by atoms with van der Waals surface area (Å²) >= 11 is 3.40. The molecule has 3 unspecified atom stereocenters. The number of benzene rings is 2. The van der Waals surface area contributed by atoms with Crippen molar-refractivity contribution in [1.82, 2.24) is 5.32 Å². The van der Waals surface area contributed by atoms with Crippen molar-refractivity contribution in [3.63, 3.8) is 0 Å². The van der Waals surface area contributed by atoms with Crippen LogP contribution in [-0.4, -0.2) is 30.4 Å². The second-order valence-electron chi connectivity index (χ2n) is 9.65. The molecule has 7 heteroatoms. The number of hydrogen-bond acceptors (Lipinski definition) is 5. The molecule has 2 N–H and O–H groups in total. The predicted molar refractivity (Wildman–Crippen MR) is 126 cm³/mol. The van der Waals surface area contributed by atoms with Gasteiger partial charge in [-0.05, 0) is 56.5 Å². The summed E-state index contributed by atoms with van der Waals surface area (Å²) in [6.07, 6.45) is 0.375. The molecule has 2 aliphatic heterocycles. The zero-order valence-electron chi connectivity index (χ0n) is 18.4. The average molecular weight is 499 g/mol. The van der Waals surface area contributed by atoms with E-state index in [2.05, 4.69) is 26.6 Å². The Morgan fingerprint density at radius 3 is 2.56 bits per heavy atom. The van der Waals surface area contributed by atoms with Crippen molar-refractivity contribution >= 4 is 39.3 Å². The number of ether oxygens (including phenoxy) is 1. The van der Waals surface area contributed by atoms with Gasteiger partial charge in [0, 0.05) is 24.2 Å². The molecule has 1 fully saturated rings. The Kier molecular flexibility index (Phi) is 5.98. The quantitative estimate of drug-likeness (QED) is 0.362. The minimum absolute atomic E-state index is 0.0231. The highest BCUT2D eigenvalue weighted by Crippen LogP contribution is 2.41. The number of anilines is 1. The molecule has 1 amide bonds. The van der Waals surface area contributed by atoms with Gasteiger partial charge in [-0.25, -0.2) is 0 Å². The first-order valence-corrected chi connectivity index (χ1v) is 11.6. The molecular weight excluding hydrogens is 472 g/mol. The lowest BCUT2D eigenvalue weighted by molar-refractivity contribution is -0.159. The number of Topliss-reactive ketones (excluding diaryl/α,β-unsaturated/α-hetero) is 1. The zero-order valence-corrected chi connectivity index (χ0v) is 20.0. The van der Waals surface area contributed by atoms with Crippen LogP contribution in [0.3, 0.4) is 0 Å². The smallest absolute Gasteiger partial charge is 0.312 e. The number of fused-ring (bicyclic) bond motifs is 1. The number of ketones is 1. The van der Waals surface area contributed by atoms with Gasteiger partial charge >= 0.3 is 5.97 Å². The van der Waals surface area contributed by atoms with Gasteiger partial charge in [0.25, 0.3) is 0 Å². The van der Waals surface area contributed by atoms with Crippen LogP contribution < -0.4 is 10.6 Å². The lowest BCUT2D eigenvalue weighted by Crippen LogP contribution is -2.36. The van der Waals surface area contributed by atoms with E-state index in [1.165, 1.54) is 0 Å². The summed E-state index contributed by atoms with van der Waals surface area (Å²) in [5.41, 5.74) is 1.67. The number of hydrogen-bond donors (Lipinski definition) is 2. The van der Waals surface area contributed by atoms with Gasteiger partial charge in [-0.1, -0.05) is 46.3 Å². The van der Waals surface area contributed by atoms with Gasteiger partial charge in [0.2, 0.25) is 5.91 Å². The van der Waals surface area contributed by atoms with Crippen LogP contribution in [0.15, 0.2) is 48.5 Å². The highest BCUT2D eigenvalue weighted by molar-refractivity contribution is 9.09. The first kappa shape index (κ1) is 22.7. The predicted octanol–water partition coefficient (Wildman–Crippen LogP) is 4.40. The van der Waals surface area contributed by atoms with Crippen LogP contribution in [-0.2, 0) is 20.7 Å². The number of esters is 1. The van der Waals surface area contributed by atoms with E-state index in [1.54, 1.807) is 18.2 Å². The average Bonchev–Trinajstić information content (AvgIpc) is 3.28. The Morgan fingerprint density at radius 2 is 1.88 bits per heavy atom. The van der Waals surface area contributed by atoms with E-state index in [4.69, 9.17) is 4.74 Å². The molecule has 32 heavy (non-hydrogen) atoms. The Morgan fingerprint density at radius 1 is 1.16 bits per heavy atom. The fraction of sp³-hybridized carbons (Fsp3) is 0.400. The molecule has 0 spiro atoms. The van der Waals surface area contributed by atoms with Crippen LogP contribution >= 0.6 is 15.9 Å². The highest BCUT2D eigenvalue weighted by Gasteiger charge is 2.47. The van der Waals surface area contributed by atoms with Crippen LogP contribution in [0.5, 0.6) is 0 Å². The molecule has 4 rings (SSSR count). The zero-order chi connectivity index (χ0) is 23.1. The first-order chi connectivity index (χ1) is 15.1. The van der Waals surface area contributed by atoms with Gasteiger partial charge < -0.3 is 10.1 Å². The number of carbonyl (C=O) groups is 3. The first-order valence-electron chi connectivity index (χ1n) is 10.7. The second-order valence-corrected chi connectivity index (χ2v) is 10.6. The SMILES string of the molecule is CC(C)(C)C(=O)OC1CC(Cc2ccccc2)(C(=O)c2ccc3c(c2)C(Br)C(=O)N3)CN1. The van der Waals surface area contributed by atoms with Crippen molar-refractivity contribution in [2.75, 3.05) is 11.9 Å². The second kappa shape index (κ2) is 8.45. The van der Waals surface area contributed by atoms with E-state index < -0.39 is 21.9 Å². The summed E-state index contributed by atoms with van der Waals surface area (Å²) in [4.78, 5) is 37.8. The Balaban J connectivity index is 1.64. The molecule has 6 nitrogen and oxygen atoms in total. The van der Waals surface area contributed by atoms with Crippen LogP contribution in [0, 0.1) is 10.8 Å². The van der Waals surface area contributed by atoms with Gasteiger partial charge in [0.1, 0.15) is 4.83 Å². The van der Waals surface area contributed by atoms with Gasteiger partial charge in [-0.2, -0.15) is 0 Å². The Hall–Kier alpha value is -2.51. The van der Waals surface area contributed by atoms with Gasteiger partial charge in [0.15, 0.2) is 12.0 Å². The molecule has 1 saturated heterocycles. The third-order valence-corrected chi connectivity index (χ3v) is 6.96. The maximum Gasteiger partial charge on any atom is 0.312 e. The summed E-state index contributed by atoms with van der Waals surface area (Å²) < 4.78 is 5.70. The summed E-state index contributed by atoms with van der Waals surface area (Å²) in [7, 11) is 0. The van der Waals surface area contributed by atoms with E-state index in [0.29, 0.717) is 30.6 Å². The molecule has 2 aromatic carbocycles. The number of nitrogens with one attached hydrogen (secondary N) is 2. The highest BCUT2D eigenvalue weighted by atomic mass is 79.9. The fourth-order valence-electron chi connectivity index (χ4n) is 4.24. The number of halogens is 1. The van der Waals surface area contributed by atoms with E-state index in [9.17, 15) is 14.4 Å². The van der Waals surface area contributed by atoms with Crippen molar-refractivity contribution in [2.45, 2.75) is 44.7 Å². The number of rotatable bonds is 5. The molecule has 2 aliphatic rings. The lowest BCUT2D eigenvalue weighted by Gasteiger charge is -2.28. The largest absolute Gasteiger partial charge is 0.446 e. The third-order valence-electron chi connectivity index (χ3n) is 6.05. The number of carbonyl (C=O) groups excluding carboxylic acids is 3. The topological polar surface area (TPSA) is 84.5 Å². The summed E-state index contributed by atoms with van der Waals surface area (Å²) in [6, 6.07) is 15.2. The van der Waals surface area contributed by atoms with E-state index in [0.717, 1.165) is 11.1 Å². The molecule has 0 bridgehead atoms. The lowest BCUT2D eigenvalue weighted by atomic mass is 9.74. The number of alkyl halides is 1. The van der Waals surface area contributed by atoms with Crippen molar-refractivity contribution in [1.29, 1.82) is 0 Å². The van der Waals surface area contributed by atoms with Gasteiger partial charge in [-0.15, -0.1) is 0 Å². The maximum atomic E-state index is 13.9. The van der Waals surface area contributed by atoms with E-state index >= 15 is 0 Å². The van der Waals surface area contributed by atoms with Crippen molar-refractivity contribution in [3.05, 3.63) is 65.2 Å². The summed E-state index contributed by atoms with van der Waals surface area (Å²) in [5, 5.41) is 6.06. The molecule has 0 aromatic heterocycles. The number of amides is 1. The standard InChI is InChI=1S/C25H27BrN2O4/c1-24(2,3)23(31)32-19-13-25(14-27-19,12-15-7-5-4-6-8-15)21(29)16-9-10-18-17(11-16)20(26)22(30)28-18/h4-11,19-20,27H,12-14H2,1-3H3,(H,28,30). The minimum Gasteiger partial charge on any atom is -0.446 e. The van der Waals surface area contributed by atoms with Crippen LogP contribution in [0.4, 0.5) is 5.69 Å². The molecule has 3 atom stereocenters.